The van der Waals surface area contributed by atoms with Crippen LogP contribution in [0.15, 0.2) is 52.3 Å². The van der Waals surface area contributed by atoms with Crippen LogP contribution in [0.3, 0.4) is 0 Å². The van der Waals surface area contributed by atoms with Gasteiger partial charge in [-0.25, -0.2) is 0 Å². The molecule has 234 valence electrons. The monoisotopic (exact) mass is 641 g/mol. The molecule has 2 fully saturated rings. The molecular weight excluding hydrogens is 607 g/mol. The number of alkyl halides is 3. The molecule has 9 nitrogen and oxygen atoms in total. The number of amides is 1. The summed E-state index contributed by atoms with van der Waals surface area (Å²) < 4.78 is 51.8. The van der Waals surface area contributed by atoms with Crippen LogP contribution in [0, 0.1) is 15.5 Å². The van der Waals surface area contributed by atoms with Gasteiger partial charge in [-0.3, -0.25) is 19.7 Å². The van der Waals surface area contributed by atoms with Crippen LogP contribution in [0.1, 0.15) is 57.1 Å². The van der Waals surface area contributed by atoms with E-state index in [1.807, 2.05) is 0 Å². The van der Waals surface area contributed by atoms with Crippen LogP contribution in [0.2, 0.25) is 0 Å². The number of hydrogen-bond acceptors (Lipinski definition) is 9. The van der Waals surface area contributed by atoms with Crippen molar-refractivity contribution in [3.05, 3.63) is 63.7 Å². The average molecular weight is 642 g/mol. The topological polar surface area (TPSA) is 120 Å². The molecule has 2 aromatic carbocycles. The minimum atomic E-state index is -4.60. The van der Waals surface area contributed by atoms with Crippen molar-refractivity contribution in [1.82, 2.24) is 10.6 Å². The van der Waals surface area contributed by atoms with Gasteiger partial charge < -0.3 is 20.1 Å². The van der Waals surface area contributed by atoms with Crippen LogP contribution in [-0.2, 0) is 31.8 Å². The fourth-order valence-corrected chi connectivity index (χ4v) is 7.98. The van der Waals surface area contributed by atoms with Gasteiger partial charge in [0.1, 0.15) is 6.10 Å². The molecular formula is C29H34F3N3O6S2. The third-order valence-electron chi connectivity index (χ3n) is 7.93. The summed E-state index contributed by atoms with van der Waals surface area (Å²) in [5.41, 5.74) is -1.85. The van der Waals surface area contributed by atoms with Gasteiger partial charge in [0.15, 0.2) is 0 Å². The maximum atomic E-state index is 13.8. The molecule has 43 heavy (non-hydrogen) atoms. The Kier molecular flexibility index (Phi) is 11.0. The first kappa shape index (κ1) is 33.1. The molecule has 0 unspecified atom stereocenters. The smallest absolute Gasteiger partial charge is 0.416 e. The fourth-order valence-electron chi connectivity index (χ4n) is 5.63. The molecule has 1 aliphatic heterocycles. The summed E-state index contributed by atoms with van der Waals surface area (Å²) >= 11 is 0. The number of ether oxygens (including phenoxy) is 2. The molecule has 2 aliphatic rings. The molecule has 2 aromatic rings. The van der Waals surface area contributed by atoms with Crippen molar-refractivity contribution in [2.75, 3.05) is 13.2 Å². The van der Waals surface area contributed by atoms with E-state index in [-0.39, 0.29) is 29.9 Å². The van der Waals surface area contributed by atoms with Crippen molar-refractivity contribution < 1.29 is 37.2 Å². The number of benzene rings is 2. The van der Waals surface area contributed by atoms with Crippen LogP contribution >= 0.6 is 21.6 Å². The summed E-state index contributed by atoms with van der Waals surface area (Å²) in [4.78, 5) is 37.3. The van der Waals surface area contributed by atoms with E-state index in [2.05, 4.69) is 10.6 Å². The molecule has 1 saturated carbocycles. The maximum absolute atomic E-state index is 13.8. The number of esters is 1. The summed E-state index contributed by atoms with van der Waals surface area (Å²) in [6, 6.07) is 9.57. The van der Waals surface area contributed by atoms with Gasteiger partial charge >= 0.3 is 12.1 Å². The Morgan fingerprint density at radius 1 is 1.12 bits per heavy atom. The summed E-state index contributed by atoms with van der Waals surface area (Å²) in [5, 5.41) is 17.9. The minimum absolute atomic E-state index is 0.00425. The van der Waals surface area contributed by atoms with Gasteiger partial charge in [-0.05, 0) is 79.7 Å². The number of rotatable bonds is 11. The number of halogens is 3. The summed E-state index contributed by atoms with van der Waals surface area (Å²) in [6.07, 6.45) is -2.13. The van der Waals surface area contributed by atoms with Crippen molar-refractivity contribution in [2.45, 2.75) is 86.7 Å². The summed E-state index contributed by atoms with van der Waals surface area (Å²) in [7, 11) is 2.12. The lowest BCUT2D eigenvalue weighted by molar-refractivity contribution is -0.387. The number of carbonyl (C=O) groups excluding carboxylic acids is 2. The molecule has 0 bridgehead atoms. The van der Waals surface area contributed by atoms with Gasteiger partial charge in [-0.1, -0.05) is 22.9 Å². The van der Waals surface area contributed by atoms with E-state index in [9.17, 15) is 32.9 Å². The van der Waals surface area contributed by atoms with E-state index in [4.69, 9.17) is 9.47 Å². The SMILES string of the molecule is CC(=O)O[C@H](C)[C@]1(C(=O)NCc2cc(C(F)(F)F)ccc2SSc2ccccc2[N+](=O)[O-])CC[C@@H](NC2CCOCC2)C1. The van der Waals surface area contributed by atoms with Gasteiger partial charge in [0, 0.05) is 49.7 Å². The number of carbonyl (C=O) groups is 2. The first-order chi connectivity index (χ1) is 20.4. The Labute approximate surface area is 255 Å². The average Bonchev–Trinajstić information content (AvgIpc) is 3.40. The van der Waals surface area contributed by atoms with Gasteiger partial charge in [-0.2, -0.15) is 13.2 Å². The van der Waals surface area contributed by atoms with Crippen molar-refractivity contribution >= 4 is 39.2 Å². The van der Waals surface area contributed by atoms with Crippen molar-refractivity contribution in [1.29, 1.82) is 0 Å². The second-order valence-electron chi connectivity index (χ2n) is 10.8. The van der Waals surface area contributed by atoms with Gasteiger partial charge in [-0.15, -0.1) is 0 Å². The van der Waals surface area contributed by atoms with Crippen LogP contribution < -0.4 is 10.6 Å². The molecule has 3 atom stereocenters. The van der Waals surface area contributed by atoms with Crippen molar-refractivity contribution in [3.63, 3.8) is 0 Å². The standard InChI is InChI=1S/C29H34F3N3O6S2/c1-18(41-19(2)36)28(12-9-23(16-28)34-22-10-13-40-14-11-22)27(37)33-17-20-15-21(29(30,31)32)7-8-25(20)42-43-26-6-4-3-5-24(26)35(38)39/h3-8,15,18,22-23,34H,9-14,16-17H2,1-2H3,(H,33,37)/t18-,23-,28+/m1/s1. The van der Waals surface area contributed by atoms with E-state index < -0.39 is 40.1 Å². The molecule has 4 rings (SSSR count). The van der Waals surface area contributed by atoms with Crippen molar-refractivity contribution in [3.8, 4) is 0 Å². The maximum Gasteiger partial charge on any atom is 0.416 e. The number of para-hydroxylation sites is 1. The summed E-state index contributed by atoms with van der Waals surface area (Å²) in [6.45, 7) is 4.05. The lowest BCUT2D eigenvalue weighted by atomic mass is 9.79. The van der Waals surface area contributed by atoms with Gasteiger partial charge in [0.2, 0.25) is 5.91 Å². The molecule has 14 heteroatoms. The number of nitrogens with one attached hydrogen (secondary N) is 2. The van der Waals surface area contributed by atoms with Crippen LogP contribution in [-0.4, -0.2) is 48.2 Å². The van der Waals surface area contributed by atoms with E-state index >= 15 is 0 Å². The Morgan fingerprint density at radius 2 is 1.81 bits per heavy atom. The first-order valence-electron chi connectivity index (χ1n) is 14.0. The predicted octanol–water partition coefficient (Wildman–Crippen LogP) is 6.29. The lowest BCUT2D eigenvalue weighted by Crippen LogP contribution is -2.49. The number of hydrogen-bond donors (Lipinski definition) is 2. The third kappa shape index (κ3) is 8.43. The Morgan fingerprint density at radius 3 is 2.49 bits per heavy atom. The van der Waals surface area contributed by atoms with Crippen LogP contribution in [0.4, 0.5) is 18.9 Å². The zero-order valence-electron chi connectivity index (χ0n) is 23.8. The highest BCUT2D eigenvalue weighted by atomic mass is 33.1. The second-order valence-corrected chi connectivity index (χ2v) is 13.0. The number of nitrogens with zero attached hydrogens (tertiary/aromatic N) is 1. The van der Waals surface area contributed by atoms with Crippen LogP contribution in [0.5, 0.6) is 0 Å². The largest absolute Gasteiger partial charge is 0.462 e. The molecule has 1 aliphatic carbocycles. The van der Waals surface area contributed by atoms with E-state index in [1.165, 1.54) is 25.1 Å². The second kappa shape index (κ2) is 14.3. The molecule has 1 heterocycles. The van der Waals surface area contributed by atoms with E-state index in [1.54, 1.807) is 19.1 Å². The Bertz CT molecular complexity index is 1320. The fraction of sp³-hybridized carbons (Fsp3) is 0.517. The first-order valence-corrected chi connectivity index (χ1v) is 16.1. The molecule has 0 aromatic heterocycles. The molecule has 1 amide bonds. The summed E-state index contributed by atoms with van der Waals surface area (Å²) in [5.74, 6) is -0.929. The molecule has 1 saturated heterocycles. The van der Waals surface area contributed by atoms with Gasteiger partial charge in [0.25, 0.3) is 5.69 Å². The highest BCUT2D eigenvalue weighted by Gasteiger charge is 2.51. The zero-order valence-corrected chi connectivity index (χ0v) is 25.4. The Balaban J connectivity index is 1.54. The Hall–Kier alpha value is -2.81. The number of nitro groups is 1. The lowest BCUT2D eigenvalue weighted by Gasteiger charge is -2.34. The van der Waals surface area contributed by atoms with Crippen LogP contribution in [0.25, 0.3) is 0 Å². The number of nitro benzene ring substituents is 1. The normalized spacial score (nSPS) is 21.7. The highest BCUT2D eigenvalue weighted by molar-refractivity contribution is 8.76. The highest BCUT2D eigenvalue weighted by Crippen LogP contribution is 2.45. The zero-order chi connectivity index (χ0) is 31.2. The van der Waals surface area contributed by atoms with Gasteiger partial charge in [0.05, 0.1) is 20.8 Å². The molecule has 0 radical (unpaired) electrons. The molecule has 2 N–H and O–H groups in total. The molecule has 0 spiro atoms. The quantitative estimate of drug-likeness (QED) is 0.126. The van der Waals surface area contributed by atoms with E-state index in [0.29, 0.717) is 42.3 Å². The van der Waals surface area contributed by atoms with Crippen molar-refractivity contribution in [2.24, 2.45) is 5.41 Å². The minimum Gasteiger partial charge on any atom is -0.462 e. The third-order valence-corrected chi connectivity index (χ3v) is 10.4. The predicted molar refractivity (Wildman–Crippen MR) is 156 cm³/mol. The van der Waals surface area contributed by atoms with E-state index in [0.717, 1.165) is 46.6 Å².